The lowest BCUT2D eigenvalue weighted by Gasteiger charge is -2.02. The summed E-state index contributed by atoms with van der Waals surface area (Å²) in [5.41, 5.74) is 10.1. The second-order valence-electron chi connectivity index (χ2n) is 3.93. The van der Waals surface area contributed by atoms with Crippen LogP contribution in [0.2, 0.25) is 0 Å². The number of allylic oxidation sites excluding steroid dienone is 4. The third kappa shape index (κ3) is 4.29. The van der Waals surface area contributed by atoms with Crippen LogP contribution >= 0.6 is 0 Å². The fourth-order valence-corrected chi connectivity index (χ4v) is 1.58. The zero-order chi connectivity index (χ0) is 12.7. The summed E-state index contributed by atoms with van der Waals surface area (Å²) in [6.07, 6.45) is 8.44. The van der Waals surface area contributed by atoms with Gasteiger partial charge >= 0.3 is 0 Å². The minimum absolute atomic E-state index is 0.798. The van der Waals surface area contributed by atoms with Crippen molar-refractivity contribution < 1.29 is 5.32 Å². The molecule has 1 aromatic rings. The SMILES string of the molecule is C/C=C(\C=C/[NH2+]C)C(/C)=C/c1ccc(N)cc1. The van der Waals surface area contributed by atoms with Crippen LogP contribution in [0, 0.1) is 0 Å². The number of hydrogen-bond donors (Lipinski definition) is 2. The zero-order valence-electron chi connectivity index (χ0n) is 10.8. The molecule has 0 fully saturated rings. The van der Waals surface area contributed by atoms with Gasteiger partial charge in [0.25, 0.3) is 0 Å². The Labute approximate surface area is 104 Å². The van der Waals surface area contributed by atoms with Gasteiger partial charge in [0.15, 0.2) is 0 Å². The smallest absolute Gasteiger partial charge is 0.0929 e. The molecular weight excluding hydrogens is 208 g/mol. The number of nitrogen functional groups attached to an aromatic ring is 1. The first-order valence-corrected chi connectivity index (χ1v) is 5.84. The van der Waals surface area contributed by atoms with E-state index in [0.717, 1.165) is 5.69 Å². The molecule has 2 nitrogen and oxygen atoms in total. The molecule has 0 saturated carbocycles. The van der Waals surface area contributed by atoms with E-state index in [-0.39, 0.29) is 0 Å². The summed E-state index contributed by atoms with van der Waals surface area (Å²) in [5, 5.41) is 2.03. The van der Waals surface area contributed by atoms with Crippen LogP contribution in [-0.2, 0) is 0 Å². The van der Waals surface area contributed by atoms with Crippen molar-refractivity contribution >= 4 is 11.8 Å². The largest absolute Gasteiger partial charge is 0.399 e. The van der Waals surface area contributed by atoms with E-state index in [2.05, 4.69) is 38.3 Å². The van der Waals surface area contributed by atoms with Gasteiger partial charge in [0, 0.05) is 5.69 Å². The molecule has 0 heterocycles. The number of quaternary nitrogens is 1. The molecular formula is C15H21N2+. The predicted molar refractivity (Wildman–Crippen MR) is 75.3 cm³/mol. The Balaban J connectivity index is 2.91. The van der Waals surface area contributed by atoms with Crippen LogP contribution < -0.4 is 11.1 Å². The van der Waals surface area contributed by atoms with Gasteiger partial charge in [-0.25, -0.2) is 0 Å². The molecule has 4 N–H and O–H groups in total. The summed E-state index contributed by atoms with van der Waals surface area (Å²) in [6, 6.07) is 7.90. The topological polar surface area (TPSA) is 42.6 Å². The van der Waals surface area contributed by atoms with Crippen molar-refractivity contribution in [3.63, 3.8) is 0 Å². The van der Waals surface area contributed by atoms with E-state index in [1.54, 1.807) is 0 Å². The highest BCUT2D eigenvalue weighted by Gasteiger charge is 1.96. The summed E-state index contributed by atoms with van der Waals surface area (Å²) < 4.78 is 0. The van der Waals surface area contributed by atoms with Crippen molar-refractivity contribution in [1.82, 2.24) is 0 Å². The van der Waals surface area contributed by atoms with Crippen LogP contribution in [0.5, 0.6) is 0 Å². The molecule has 0 saturated heterocycles. The average Bonchev–Trinajstić information content (AvgIpc) is 2.33. The average molecular weight is 229 g/mol. The molecule has 0 spiro atoms. The first kappa shape index (κ1) is 13.3. The Morgan fingerprint density at radius 2 is 1.88 bits per heavy atom. The Morgan fingerprint density at radius 1 is 1.24 bits per heavy atom. The Hall–Kier alpha value is -1.80. The van der Waals surface area contributed by atoms with E-state index in [4.69, 9.17) is 5.73 Å². The van der Waals surface area contributed by atoms with Gasteiger partial charge in [0.1, 0.15) is 0 Å². The molecule has 0 aliphatic heterocycles. The van der Waals surface area contributed by atoms with Gasteiger partial charge in [-0.2, -0.15) is 0 Å². The van der Waals surface area contributed by atoms with Crippen LogP contribution in [0.1, 0.15) is 19.4 Å². The molecule has 1 rings (SSSR count). The van der Waals surface area contributed by atoms with Crippen molar-refractivity contribution in [3.8, 4) is 0 Å². The van der Waals surface area contributed by atoms with Crippen molar-refractivity contribution in [2.75, 3.05) is 12.8 Å². The Kier molecular flexibility index (Phi) is 5.24. The second kappa shape index (κ2) is 6.71. The van der Waals surface area contributed by atoms with Gasteiger partial charge in [-0.3, -0.25) is 0 Å². The highest BCUT2D eigenvalue weighted by atomic mass is 14.8. The second-order valence-corrected chi connectivity index (χ2v) is 3.93. The molecule has 2 heteroatoms. The number of rotatable bonds is 4. The summed E-state index contributed by atoms with van der Waals surface area (Å²) in [5.74, 6) is 0. The number of benzene rings is 1. The summed E-state index contributed by atoms with van der Waals surface area (Å²) in [7, 11) is 2.02. The van der Waals surface area contributed by atoms with Crippen molar-refractivity contribution in [2.24, 2.45) is 0 Å². The maximum Gasteiger partial charge on any atom is 0.0929 e. The zero-order valence-corrected chi connectivity index (χ0v) is 10.8. The van der Waals surface area contributed by atoms with E-state index in [1.165, 1.54) is 16.7 Å². The monoisotopic (exact) mass is 229 g/mol. The maximum absolute atomic E-state index is 5.66. The first-order chi connectivity index (χ1) is 8.17. The third-order valence-corrected chi connectivity index (χ3v) is 2.55. The normalized spacial score (nSPS) is 13.4. The van der Waals surface area contributed by atoms with Gasteiger partial charge in [0.05, 0.1) is 13.2 Å². The van der Waals surface area contributed by atoms with Gasteiger partial charge < -0.3 is 11.1 Å². The standard InChI is InChI=1S/C15H20N2/c1-4-14(9-10-17-3)12(2)11-13-5-7-15(16)8-6-13/h4-11,17H,16H2,1-3H3/p+1/b10-9-,12-11+,14-4+. The molecule has 0 bridgehead atoms. The van der Waals surface area contributed by atoms with Crippen molar-refractivity contribution in [2.45, 2.75) is 13.8 Å². The fourth-order valence-electron chi connectivity index (χ4n) is 1.58. The molecule has 1 aromatic carbocycles. The maximum atomic E-state index is 5.66. The van der Waals surface area contributed by atoms with Gasteiger partial charge in [0.2, 0.25) is 0 Å². The van der Waals surface area contributed by atoms with Crippen molar-refractivity contribution in [1.29, 1.82) is 0 Å². The summed E-state index contributed by atoms with van der Waals surface area (Å²) in [6.45, 7) is 4.17. The third-order valence-electron chi connectivity index (χ3n) is 2.55. The molecule has 90 valence electrons. The lowest BCUT2D eigenvalue weighted by Crippen LogP contribution is -2.72. The van der Waals surface area contributed by atoms with E-state index in [9.17, 15) is 0 Å². The van der Waals surface area contributed by atoms with Crippen LogP contribution in [0.3, 0.4) is 0 Å². The lowest BCUT2D eigenvalue weighted by molar-refractivity contribution is -0.556. The minimum atomic E-state index is 0.798. The first-order valence-electron chi connectivity index (χ1n) is 5.84. The highest BCUT2D eigenvalue weighted by Crippen LogP contribution is 2.16. The highest BCUT2D eigenvalue weighted by molar-refractivity contribution is 5.61. The van der Waals surface area contributed by atoms with Gasteiger partial charge in [-0.1, -0.05) is 24.3 Å². The van der Waals surface area contributed by atoms with Crippen LogP contribution in [0.25, 0.3) is 6.08 Å². The van der Waals surface area contributed by atoms with Crippen LogP contribution in [-0.4, -0.2) is 7.05 Å². The Morgan fingerprint density at radius 3 is 2.41 bits per heavy atom. The van der Waals surface area contributed by atoms with E-state index >= 15 is 0 Å². The molecule has 0 amide bonds. The van der Waals surface area contributed by atoms with E-state index in [0.29, 0.717) is 0 Å². The number of nitrogens with two attached hydrogens (primary N) is 2. The van der Waals surface area contributed by atoms with Gasteiger partial charge in [-0.15, -0.1) is 0 Å². The Bertz CT molecular complexity index is 436. The van der Waals surface area contributed by atoms with E-state index < -0.39 is 0 Å². The molecule has 0 radical (unpaired) electrons. The van der Waals surface area contributed by atoms with Crippen molar-refractivity contribution in [3.05, 3.63) is 59.3 Å². The predicted octanol–water partition coefficient (Wildman–Crippen LogP) is 2.33. The minimum Gasteiger partial charge on any atom is -0.399 e. The lowest BCUT2D eigenvalue weighted by atomic mass is 10.0. The van der Waals surface area contributed by atoms with Gasteiger partial charge in [-0.05, 0) is 48.8 Å². The fraction of sp³-hybridized carbons (Fsp3) is 0.200. The van der Waals surface area contributed by atoms with Crippen LogP contribution in [0.4, 0.5) is 5.69 Å². The molecule has 17 heavy (non-hydrogen) atoms. The molecule has 0 atom stereocenters. The van der Waals surface area contributed by atoms with Crippen LogP contribution in [0.15, 0.2) is 53.8 Å². The summed E-state index contributed by atoms with van der Waals surface area (Å²) in [4.78, 5) is 0. The molecule has 0 aromatic heterocycles. The number of hydrogen-bond acceptors (Lipinski definition) is 1. The summed E-state index contributed by atoms with van der Waals surface area (Å²) >= 11 is 0. The quantitative estimate of drug-likeness (QED) is 0.604. The molecule has 0 aliphatic carbocycles. The molecule has 0 aliphatic rings. The van der Waals surface area contributed by atoms with E-state index in [1.807, 2.05) is 36.6 Å². The number of anilines is 1. The molecule has 0 unspecified atom stereocenters.